The van der Waals surface area contributed by atoms with E-state index in [2.05, 4.69) is 0 Å². The minimum atomic E-state index is -0.344. The van der Waals surface area contributed by atoms with Gasteiger partial charge in [-0.25, -0.2) is 0 Å². The third-order valence-electron chi connectivity index (χ3n) is 1.59. The zero-order valence-corrected chi connectivity index (χ0v) is 7.80. The van der Waals surface area contributed by atoms with Crippen LogP contribution in [0.4, 0.5) is 0 Å². The van der Waals surface area contributed by atoms with Gasteiger partial charge in [0.15, 0.2) is 0 Å². The Labute approximate surface area is 76.3 Å². The highest BCUT2D eigenvalue weighted by molar-refractivity contribution is 6.29. The Balaban J connectivity index is 2.60. The van der Waals surface area contributed by atoms with Crippen molar-refractivity contribution in [1.29, 1.82) is 0 Å². The van der Waals surface area contributed by atoms with Crippen molar-refractivity contribution in [3.8, 4) is 0 Å². The predicted molar refractivity (Wildman–Crippen MR) is 44.9 cm³/mol. The Morgan fingerprint density at radius 1 is 1.83 bits per heavy atom. The van der Waals surface area contributed by atoms with Crippen LogP contribution in [0.2, 0.25) is 0 Å². The van der Waals surface area contributed by atoms with E-state index in [0.29, 0.717) is 11.6 Å². The molecule has 68 valence electrons. The lowest BCUT2D eigenvalue weighted by atomic mass is 10.2. The summed E-state index contributed by atoms with van der Waals surface area (Å²) in [6, 6.07) is 0. The average Bonchev–Trinajstić information content (AvgIpc) is 1.96. The SMILES string of the molecule is CC(=O)OC1C=C(Cl)COC1C. The van der Waals surface area contributed by atoms with Crippen molar-refractivity contribution in [1.82, 2.24) is 0 Å². The molecule has 1 rings (SSSR count). The largest absolute Gasteiger partial charge is 0.455 e. The van der Waals surface area contributed by atoms with Gasteiger partial charge in [0, 0.05) is 12.0 Å². The van der Waals surface area contributed by atoms with E-state index in [4.69, 9.17) is 21.1 Å². The fourth-order valence-corrected chi connectivity index (χ4v) is 1.18. The Kier molecular flexibility index (Phi) is 3.12. The fourth-order valence-electron chi connectivity index (χ4n) is 0.989. The lowest BCUT2D eigenvalue weighted by molar-refractivity contribution is -0.150. The first-order valence-corrected chi connectivity index (χ1v) is 4.12. The van der Waals surface area contributed by atoms with Gasteiger partial charge < -0.3 is 9.47 Å². The number of esters is 1. The van der Waals surface area contributed by atoms with Gasteiger partial charge in [0.05, 0.1) is 12.7 Å². The molecule has 0 aromatic carbocycles. The molecule has 4 heteroatoms. The number of carbonyl (C=O) groups excluding carboxylic acids is 1. The highest BCUT2D eigenvalue weighted by Crippen LogP contribution is 2.18. The molecule has 0 fully saturated rings. The van der Waals surface area contributed by atoms with Crippen LogP contribution >= 0.6 is 11.6 Å². The fraction of sp³-hybridized carbons (Fsp3) is 0.625. The monoisotopic (exact) mass is 190 g/mol. The van der Waals surface area contributed by atoms with Gasteiger partial charge in [0.25, 0.3) is 0 Å². The van der Waals surface area contributed by atoms with Crippen molar-refractivity contribution in [2.24, 2.45) is 0 Å². The molecular formula is C8H11ClO3. The van der Waals surface area contributed by atoms with Gasteiger partial charge >= 0.3 is 5.97 Å². The molecule has 0 amide bonds. The van der Waals surface area contributed by atoms with Crippen LogP contribution in [0.1, 0.15) is 13.8 Å². The first-order valence-electron chi connectivity index (χ1n) is 3.74. The molecule has 0 aromatic rings. The van der Waals surface area contributed by atoms with Crippen LogP contribution in [0, 0.1) is 0 Å². The molecular weight excluding hydrogens is 180 g/mol. The Hall–Kier alpha value is -0.540. The molecule has 0 saturated heterocycles. The summed E-state index contributed by atoms with van der Waals surface area (Å²) < 4.78 is 10.2. The molecule has 0 radical (unpaired) electrons. The van der Waals surface area contributed by atoms with Crippen LogP contribution in [0.3, 0.4) is 0 Å². The molecule has 0 spiro atoms. The Bertz CT molecular complexity index is 212. The zero-order chi connectivity index (χ0) is 9.14. The molecule has 0 aliphatic carbocycles. The van der Waals surface area contributed by atoms with E-state index in [1.165, 1.54) is 6.92 Å². The van der Waals surface area contributed by atoms with Crippen molar-refractivity contribution in [3.63, 3.8) is 0 Å². The second-order valence-corrected chi connectivity index (χ2v) is 3.19. The van der Waals surface area contributed by atoms with E-state index in [0.717, 1.165) is 0 Å². The van der Waals surface area contributed by atoms with E-state index in [1.54, 1.807) is 6.08 Å². The Morgan fingerprint density at radius 2 is 2.50 bits per heavy atom. The first-order chi connectivity index (χ1) is 5.59. The lowest BCUT2D eigenvalue weighted by Gasteiger charge is -2.25. The summed E-state index contributed by atoms with van der Waals surface area (Å²) in [6.07, 6.45) is 1.25. The van der Waals surface area contributed by atoms with Crippen LogP contribution in [0.25, 0.3) is 0 Å². The number of halogens is 1. The summed E-state index contributed by atoms with van der Waals surface area (Å²) in [5, 5.41) is 0.583. The van der Waals surface area contributed by atoms with Crippen LogP contribution in [0.5, 0.6) is 0 Å². The summed E-state index contributed by atoms with van der Waals surface area (Å²) in [5.41, 5.74) is 0. The van der Waals surface area contributed by atoms with Crippen LogP contribution in [-0.4, -0.2) is 24.8 Å². The number of hydrogen-bond acceptors (Lipinski definition) is 3. The normalized spacial score (nSPS) is 29.4. The van der Waals surface area contributed by atoms with Gasteiger partial charge in [0.2, 0.25) is 0 Å². The van der Waals surface area contributed by atoms with Crippen molar-refractivity contribution in [2.45, 2.75) is 26.1 Å². The topological polar surface area (TPSA) is 35.5 Å². The Morgan fingerprint density at radius 3 is 3.08 bits per heavy atom. The van der Waals surface area contributed by atoms with E-state index >= 15 is 0 Å². The number of hydrogen-bond donors (Lipinski definition) is 0. The minimum absolute atomic E-state index is 0.114. The van der Waals surface area contributed by atoms with Crippen LogP contribution < -0.4 is 0 Å². The molecule has 0 saturated carbocycles. The quantitative estimate of drug-likeness (QED) is 0.588. The standard InChI is InChI=1S/C8H11ClO3/c1-5-8(12-6(2)10)3-7(9)4-11-5/h3,5,8H,4H2,1-2H3. The van der Waals surface area contributed by atoms with Gasteiger partial charge in [-0.3, -0.25) is 4.79 Å². The predicted octanol–water partition coefficient (Wildman–Crippen LogP) is 1.46. The molecule has 0 aromatic heterocycles. The first kappa shape index (κ1) is 9.55. The minimum Gasteiger partial charge on any atom is -0.455 e. The molecule has 1 aliphatic heterocycles. The molecule has 0 bridgehead atoms. The van der Waals surface area contributed by atoms with Crippen molar-refractivity contribution in [2.75, 3.05) is 6.61 Å². The summed E-state index contributed by atoms with van der Waals surface area (Å²) in [4.78, 5) is 10.6. The van der Waals surface area contributed by atoms with Gasteiger partial charge in [-0.1, -0.05) is 11.6 Å². The van der Waals surface area contributed by atoms with E-state index in [9.17, 15) is 4.79 Å². The number of rotatable bonds is 1. The van der Waals surface area contributed by atoms with Crippen LogP contribution in [0.15, 0.2) is 11.1 Å². The molecule has 0 N–H and O–H groups in total. The van der Waals surface area contributed by atoms with Crippen molar-refractivity contribution < 1.29 is 14.3 Å². The zero-order valence-electron chi connectivity index (χ0n) is 7.04. The van der Waals surface area contributed by atoms with E-state index in [-0.39, 0.29) is 18.2 Å². The highest BCUT2D eigenvalue weighted by atomic mass is 35.5. The van der Waals surface area contributed by atoms with E-state index < -0.39 is 0 Å². The molecule has 3 nitrogen and oxygen atoms in total. The second kappa shape index (κ2) is 3.92. The number of carbonyl (C=O) groups is 1. The summed E-state index contributed by atoms with van der Waals surface area (Å²) >= 11 is 5.70. The van der Waals surface area contributed by atoms with Crippen LogP contribution in [-0.2, 0) is 14.3 Å². The maximum atomic E-state index is 10.6. The average molecular weight is 191 g/mol. The third-order valence-corrected chi connectivity index (χ3v) is 1.83. The lowest BCUT2D eigenvalue weighted by Crippen LogP contribution is -2.32. The van der Waals surface area contributed by atoms with E-state index in [1.807, 2.05) is 6.92 Å². The molecule has 2 atom stereocenters. The van der Waals surface area contributed by atoms with Crippen molar-refractivity contribution in [3.05, 3.63) is 11.1 Å². The number of ether oxygens (including phenoxy) is 2. The van der Waals surface area contributed by atoms with Gasteiger partial charge in [-0.05, 0) is 13.0 Å². The summed E-state index contributed by atoms with van der Waals surface area (Å²) in [7, 11) is 0. The maximum Gasteiger partial charge on any atom is 0.303 e. The smallest absolute Gasteiger partial charge is 0.303 e. The van der Waals surface area contributed by atoms with Gasteiger partial charge in [-0.2, -0.15) is 0 Å². The third kappa shape index (κ3) is 2.50. The van der Waals surface area contributed by atoms with Gasteiger partial charge in [0.1, 0.15) is 6.10 Å². The second-order valence-electron chi connectivity index (χ2n) is 2.70. The summed E-state index contributed by atoms with van der Waals surface area (Å²) in [5.74, 6) is -0.321. The summed E-state index contributed by atoms with van der Waals surface area (Å²) in [6.45, 7) is 3.61. The molecule has 1 aliphatic rings. The maximum absolute atomic E-state index is 10.6. The molecule has 2 unspecified atom stereocenters. The molecule has 1 heterocycles. The highest BCUT2D eigenvalue weighted by Gasteiger charge is 2.23. The van der Waals surface area contributed by atoms with Gasteiger partial charge in [-0.15, -0.1) is 0 Å². The molecule has 12 heavy (non-hydrogen) atoms. The van der Waals surface area contributed by atoms with Crippen molar-refractivity contribution >= 4 is 17.6 Å².